The maximum absolute atomic E-state index is 13.1. The third-order valence-corrected chi connectivity index (χ3v) is 5.03. The van der Waals surface area contributed by atoms with E-state index in [1.54, 1.807) is 19.1 Å². The van der Waals surface area contributed by atoms with Gasteiger partial charge in [0.2, 0.25) is 11.1 Å². The number of halogens is 1. The highest BCUT2D eigenvalue weighted by Crippen LogP contribution is 2.24. The summed E-state index contributed by atoms with van der Waals surface area (Å²) in [7, 11) is 0. The molecule has 3 N–H and O–H groups in total. The lowest BCUT2D eigenvalue weighted by Gasteiger charge is -2.11. The Morgan fingerprint density at radius 1 is 1.19 bits per heavy atom. The van der Waals surface area contributed by atoms with Crippen molar-refractivity contribution in [1.82, 2.24) is 20.2 Å². The smallest absolute Gasteiger partial charge is 0.233 e. The Labute approximate surface area is 161 Å². The predicted octanol–water partition coefficient (Wildman–Crippen LogP) is 2.64. The molecule has 0 radical (unpaired) electrons. The van der Waals surface area contributed by atoms with Gasteiger partial charge in [-0.1, -0.05) is 42.1 Å². The van der Waals surface area contributed by atoms with E-state index in [4.69, 9.17) is 5.84 Å². The Hall–Kier alpha value is -2.87. The third kappa shape index (κ3) is 4.85. The van der Waals surface area contributed by atoms with Crippen LogP contribution in [-0.4, -0.2) is 32.6 Å². The van der Waals surface area contributed by atoms with E-state index in [1.165, 1.54) is 34.1 Å². The molecule has 1 aromatic heterocycles. The van der Waals surface area contributed by atoms with Gasteiger partial charge in [-0.15, -0.1) is 10.2 Å². The summed E-state index contributed by atoms with van der Waals surface area (Å²) in [4.78, 5) is 12.3. The summed E-state index contributed by atoms with van der Waals surface area (Å²) in [6.45, 7) is 2.35. The number of hydrogen-bond donors (Lipinski definition) is 2. The van der Waals surface area contributed by atoms with Gasteiger partial charge in [-0.25, -0.2) is 9.07 Å². The van der Waals surface area contributed by atoms with Gasteiger partial charge in [0.05, 0.1) is 5.25 Å². The molecule has 0 saturated carbocycles. The number of nitrogens with one attached hydrogen (secondary N) is 1. The molecule has 0 aliphatic heterocycles. The maximum atomic E-state index is 13.1. The predicted molar refractivity (Wildman–Crippen MR) is 104 cm³/mol. The molecule has 3 rings (SSSR count). The number of carbonyl (C=O) groups excluding carboxylic acids is 1. The first-order valence-electron chi connectivity index (χ1n) is 8.49. The molecule has 0 aliphatic carbocycles. The highest BCUT2D eigenvalue weighted by atomic mass is 32.2. The Kier molecular flexibility index (Phi) is 6.08. The standard InChI is InChI=1S/C19H20FN5OS/c1-13(18(26)22-12-11-14-5-3-2-4-6-14)27-19-24-23-17(25(19)21)15-7-9-16(20)10-8-15/h2-10,13H,11-12,21H2,1H3,(H,22,26)/t13-/m0/s1. The van der Waals surface area contributed by atoms with Gasteiger partial charge in [-0.3, -0.25) is 4.79 Å². The minimum Gasteiger partial charge on any atom is -0.355 e. The number of carbonyl (C=O) groups is 1. The molecule has 0 unspecified atom stereocenters. The highest BCUT2D eigenvalue weighted by Gasteiger charge is 2.19. The number of nitrogen functional groups attached to an aromatic ring is 1. The lowest BCUT2D eigenvalue weighted by atomic mass is 10.1. The van der Waals surface area contributed by atoms with E-state index in [0.717, 1.165) is 6.42 Å². The van der Waals surface area contributed by atoms with Crippen LogP contribution in [0.15, 0.2) is 59.8 Å². The van der Waals surface area contributed by atoms with Crippen LogP contribution in [0.1, 0.15) is 12.5 Å². The lowest BCUT2D eigenvalue weighted by Crippen LogP contribution is -2.32. The van der Waals surface area contributed by atoms with Crippen LogP contribution in [0.4, 0.5) is 4.39 Å². The SMILES string of the molecule is C[C@H](Sc1nnc(-c2ccc(F)cc2)n1N)C(=O)NCCc1ccccc1. The monoisotopic (exact) mass is 385 g/mol. The molecule has 0 fully saturated rings. The van der Waals surface area contributed by atoms with E-state index in [-0.39, 0.29) is 17.0 Å². The van der Waals surface area contributed by atoms with Gasteiger partial charge >= 0.3 is 0 Å². The largest absolute Gasteiger partial charge is 0.355 e. The van der Waals surface area contributed by atoms with Gasteiger partial charge in [0, 0.05) is 12.1 Å². The summed E-state index contributed by atoms with van der Waals surface area (Å²) in [5, 5.41) is 11.0. The van der Waals surface area contributed by atoms with Crippen LogP contribution < -0.4 is 11.2 Å². The minimum absolute atomic E-state index is 0.0951. The van der Waals surface area contributed by atoms with E-state index in [9.17, 15) is 9.18 Å². The van der Waals surface area contributed by atoms with E-state index in [2.05, 4.69) is 15.5 Å². The second-order valence-corrected chi connectivity index (χ2v) is 7.28. The Morgan fingerprint density at radius 2 is 1.89 bits per heavy atom. The zero-order valence-electron chi connectivity index (χ0n) is 14.8. The van der Waals surface area contributed by atoms with Gasteiger partial charge in [-0.05, 0) is 43.2 Å². The van der Waals surface area contributed by atoms with E-state index in [1.807, 2.05) is 30.3 Å². The third-order valence-electron chi connectivity index (χ3n) is 3.97. The first-order valence-corrected chi connectivity index (χ1v) is 9.37. The zero-order chi connectivity index (χ0) is 19.2. The number of hydrogen-bond acceptors (Lipinski definition) is 5. The number of benzene rings is 2. The van der Waals surface area contributed by atoms with Crippen LogP contribution in [0.3, 0.4) is 0 Å². The quantitative estimate of drug-likeness (QED) is 0.482. The summed E-state index contributed by atoms with van der Waals surface area (Å²) in [5.41, 5.74) is 1.82. The number of thioether (sulfide) groups is 1. The van der Waals surface area contributed by atoms with Gasteiger partial charge in [0.25, 0.3) is 0 Å². The van der Waals surface area contributed by atoms with Gasteiger partial charge in [0.15, 0.2) is 5.82 Å². The summed E-state index contributed by atoms with van der Waals surface area (Å²) >= 11 is 1.22. The Balaban J connectivity index is 1.56. The van der Waals surface area contributed by atoms with Crippen molar-refractivity contribution in [2.75, 3.05) is 12.4 Å². The van der Waals surface area contributed by atoms with Crippen LogP contribution in [-0.2, 0) is 11.2 Å². The van der Waals surface area contributed by atoms with Crippen LogP contribution in [0.5, 0.6) is 0 Å². The molecule has 3 aromatic rings. The van der Waals surface area contributed by atoms with Crippen LogP contribution in [0, 0.1) is 5.82 Å². The average molecular weight is 385 g/mol. The van der Waals surface area contributed by atoms with Crippen molar-refractivity contribution in [1.29, 1.82) is 0 Å². The van der Waals surface area contributed by atoms with Gasteiger partial charge in [-0.2, -0.15) is 0 Å². The molecule has 1 heterocycles. The Bertz CT molecular complexity index is 898. The fourth-order valence-corrected chi connectivity index (χ4v) is 3.28. The van der Waals surface area contributed by atoms with Crippen molar-refractivity contribution in [3.8, 4) is 11.4 Å². The second kappa shape index (κ2) is 8.68. The minimum atomic E-state index is -0.381. The van der Waals surface area contributed by atoms with Crippen molar-refractivity contribution in [2.24, 2.45) is 0 Å². The first-order chi connectivity index (χ1) is 13.0. The van der Waals surface area contributed by atoms with Crippen LogP contribution in [0.2, 0.25) is 0 Å². The van der Waals surface area contributed by atoms with E-state index < -0.39 is 0 Å². The number of rotatable bonds is 7. The summed E-state index contributed by atoms with van der Waals surface area (Å²) in [6, 6.07) is 15.8. The highest BCUT2D eigenvalue weighted by molar-refractivity contribution is 8.00. The number of nitrogens with zero attached hydrogens (tertiary/aromatic N) is 3. The molecule has 0 bridgehead atoms. The van der Waals surface area contributed by atoms with Crippen molar-refractivity contribution >= 4 is 17.7 Å². The van der Waals surface area contributed by atoms with E-state index in [0.29, 0.717) is 23.1 Å². The van der Waals surface area contributed by atoms with Crippen LogP contribution in [0.25, 0.3) is 11.4 Å². The fraction of sp³-hybridized carbons (Fsp3) is 0.211. The summed E-state index contributed by atoms with van der Waals surface area (Å²) in [6.07, 6.45) is 0.770. The lowest BCUT2D eigenvalue weighted by molar-refractivity contribution is -0.120. The molecular formula is C19H20FN5OS. The second-order valence-electron chi connectivity index (χ2n) is 5.97. The number of aromatic nitrogens is 3. The average Bonchev–Trinajstić information content (AvgIpc) is 3.03. The molecule has 1 atom stereocenters. The van der Waals surface area contributed by atoms with Gasteiger partial charge in [0.1, 0.15) is 5.82 Å². The molecule has 140 valence electrons. The molecular weight excluding hydrogens is 365 g/mol. The van der Waals surface area contributed by atoms with Crippen molar-refractivity contribution < 1.29 is 9.18 Å². The molecule has 1 amide bonds. The maximum Gasteiger partial charge on any atom is 0.233 e. The number of amides is 1. The van der Waals surface area contributed by atoms with Gasteiger partial charge < -0.3 is 11.2 Å². The van der Waals surface area contributed by atoms with E-state index >= 15 is 0 Å². The first kappa shape index (κ1) is 18.9. The molecule has 2 aromatic carbocycles. The molecule has 27 heavy (non-hydrogen) atoms. The molecule has 0 spiro atoms. The molecule has 8 heteroatoms. The Morgan fingerprint density at radius 3 is 2.59 bits per heavy atom. The topological polar surface area (TPSA) is 85.8 Å². The summed E-state index contributed by atoms with van der Waals surface area (Å²) < 4.78 is 14.4. The summed E-state index contributed by atoms with van der Waals surface area (Å²) in [5.74, 6) is 6.02. The van der Waals surface area contributed by atoms with Crippen molar-refractivity contribution in [2.45, 2.75) is 23.8 Å². The van der Waals surface area contributed by atoms with Crippen molar-refractivity contribution in [3.05, 3.63) is 66.0 Å². The molecule has 0 aliphatic rings. The number of nitrogens with two attached hydrogens (primary N) is 1. The van der Waals surface area contributed by atoms with Crippen molar-refractivity contribution in [3.63, 3.8) is 0 Å². The van der Waals surface area contributed by atoms with Crippen LogP contribution >= 0.6 is 11.8 Å². The zero-order valence-corrected chi connectivity index (χ0v) is 15.6. The normalized spacial score (nSPS) is 11.9. The molecule has 6 nitrogen and oxygen atoms in total. The fourth-order valence-electron chi connectivity index (χ4n) is 2.48. The molecule has 0 saturated heterocycles.